The van der Waals surface area contributed by atoms with Gasteiger partial charge in [-0.05, 0) is 81.3 Å². The zero-order valence-corrected chi connectivity index (χ0v) is 14.7. The molecule has 2 aliphatic rings. The number of nitrogens with zero attached hydrogens (tertiary/aromatic N) is 1. The van der Waals surface area contributed by atoms with Crippen LogP contribution in [0.5, 0.6) is 5.75 Å². The predicted molar refractivity (Wildman–Crippen MR) is 96.0 cm³/mol. The Balaban J connectivity index is 1.28. The van der Waals surface area contributed by atoms with Crippen LogP contribution in [0.2, 0.25) is 0 Å². The second kappa shape index (κ2) is 8.02. The van der Waals surface area contributed by atoms with E-state index in [0.717, 1.165) is 43.8 Å². The number of piperidine rings is 1. The van der Waals surface area contributed by atoms with E-state index >= 15 is 0 Å². The third kappa shape index (κ3) is 4.73. The number of aromatic hydroxyl groups is 1. The normalized spacial score (nSPS) is 24.7. The zero-order valence-electron chi connectivity index (χ0n) is 14.7. The predicted octanol–water partition coefficient (Wildman–Crippen LogP) is 3.12. The molecule has 1 saturated carbocycles. The Morgan fingerprint density at radius 3 is 2.83 bits per heavy atom. The number of hydrogen-bond acceptors (Lipinski definition) is 3. The summed E-state index contributed by atoms with van der Waals surface area (Å²) in [4.78, 5) is 14.7. The van der Waals surface area contributed by atoms with E-state index in [0.29, 0.717) is 0 Å². The third-order valence-electron chi connectivity index (χ3n) is 5.50. The van der Waals surface area contributed by atoms with Gasteiger partial charge in [0.25, 0.3) is 0 Å². The molecule has 0 aromatic heterocycles. The quantitative estimate of drug-likeness (QED) is 0.755. The summed E-state index contributed by atoms with van der Waals surface area (Å²) >= 11 is 0. The molecule has 1 saturated heterocycles. The van der Waals surface area contributed by atoms with Crippen molar-refractivity contribution in [2.45, 2.75) is 44.9 Å². The lowest BCUT2D eigenvalue weighted by Crippen LogP contribution is -2.34. The Bertz CT molecular complexity index is 552. The molecule has 3 rings (SSSR count). The minimum absolute atomic E-state index is 0.0929. The summed E-state index contributed by atoms with van der Waals surface area (Å²) in [6, 6.07) is 7.29. The van der Waals surface area contributed by atoms with Gasteiger partial charge < -0.3 is 15.3 Å². The third-order valence-corrected chi connectivity index (χ3v) is 5.50. The minimum Gasteiger partial charge on any atom is -0.508 e. The molecule has 4 nitrogen and oxygen atoms in total. The average molecular weight is 330 g/mol. The van der Waals surface area contributed by atoms with Crippen LogP contribution in [0.25, 0.3) is 0 Å². The topological polar surface area (TPSA) is 52.6 Å². The molecule has 0 spiro atoms. The number of likely N-dealkylation sites (tertiary alicyclic amines) is 1. The molecule has 24 heavy (non-hydrogen) atoms. The molecular formula is C20H30N2O2. The lowest BCUT2D eigenvalue weighted by atomic mass is 9.99. The lowest BCUT2D eigenvalue weighted by Gasteiger charge is -2.30. The van der Waals surface area contributed by atoms with Crippen molar-refractivity contribution in [2.24, 2.45) is 11.8 Å². The molecule has 1 aliphatic carbocycles. The largest absolute Gasteiger partial charge is 0.508 e. The summed E-state index contributed by atoms with van der Waals surface area (Å²) in [7, 11) is 0. The van der Waals surface area contributed by atoms with E-state index in [-0.39, 0.29) is 23.5 Å². The van der Waals surface area contributed by atoms with Crippen molar-refractivity contribution in [1.82, 2.24) is 10.2 Å². The van der Waals surface area contributed by atoms with E-state index in [1.807, 2.05) is 12.1 Å². The Morgan fingerprint density at radius 1 is 1.29 bits per heavy atom. The van der Waals surface area contributed by atoms with Crippen LogP contribution in [0, 0.1) is 11.8 Å². The summed E-state index contributed by atoms with van der Waals surface area (Å²) in [5, 5.41) is 12.6. The minimum atomic E-state index is 0.0929. The number of benzene rings is 1. The maximum absolute atomic E-state index is 12.2. The number of phenols is 1. The van der Waals surface area contributed by atoms with Gasteiger partial charge in [-0.2, -0.15) is 0 Å². The van der Waals surface area contributed by atoms with Crippen LogP contribution in [0.4, 0.5) is 0 Å². The van der Waals surface area contributed by atoms with Gasteiger partial charge in [-0.25, -0.2) is 0 Å². The van der Waals surface area contributed by atoms with E-state index in [2.05, 4.69) is 17.1 Å². The van der Waals surface area contributed by atoms with Crippen LogP contribution in [0.15, 0.2) is 24.3 Å². The molecule has 132 valence electrons. The van der Waals surface area contributed by atoms with E-state index < -0.39 is 0 Å². The number of hydrogen-bond donors (Lipinski definition) is 2. The molecule has 1 heterocycles. The molecule has 1 amide bonds. The van der Waals surface area contributed by atoms with Gasteiger partial charge in [-0.3, -0.25) is 4.79 Å². The maximum Gasteiger partial charge on any atom is 0.223 e. The van der Waals surface area contributed by atoms with Crippen LogP contribution in [-0.4, -0.2) is 42.1 Å². The first-order chi connectivity index (χ1) is 11.6. The fourth-order valence-corrected chi connectivity index (χ4v) is 3.70. The Kier molecular flexibility index (Phi) is 5.77. The van der Waals surface area contributed by atoms with Gasteiger partial charge in [0.1, 0.15) is 5.75 Å². The molecule has 2 N–H and O–H groups in total. The van der Waals surface area contributed by atoms with Crippen molar-refractivity contribution < 1.29 is 9.90 Å². The summed E-state index contributed by atoms with van der Waals surface area (Å²) in [6.45, 7) is 6.77. The van der Waals surface area contributed by atoms with Crippen LogP contribution in [-0.2, 0) is 4.79 Å². The first kappa shape index (κ1) is 17.3. The van der Waals surface area contributed by atoms with Crippen molar-refractivity contribution in [2.75, 3.05) is 26.2 Å². The molecule has 1 aromatic carbocycles. The first-order valence-corrected chi connectivity index (χ1v) is 9.42. The Morgan fingerprint density at radius 2 is 2.08 bits per heavy atom. The number of carbonyl (C=O) groups excluding carboxylic acids is 1. The number of phenolic OH excluding ortho intramolecular Hbond substituents is 1. The van der Waals surface area contributed by atoms with Crippen molar-refractivity contribution in [3.63, 3.8) is 0 Å². The summed E-state index contributed by atoms with van der Waals surface area (Å²) in [5.74, 6) is 1.72. The molecule has 4 heteroatoms. The second-order valence-electron chi connectivity index (χ2n) is 7.57. The number of unbranched alkanes of at least 4 members (excludes halogenated alkanes) is 1. The van der Waals surface area contributed by atoms with E-state index in [1.54, 1.807) is 12.1 Å². The van der Waals surface area contributed by atoms with Gasteiger partial charge in [0.15, 0.2) is 0 Å². The van der Waals surface area contributed by atoms with E-state index in [1.165, 1.54) is 25.9 Å². The molecule has 0 bridgehead atoms. The molecular weight excluding hydrogens is 300 g/mol. The van der Waals surface area contributed by atoms with Gasteiger partial charge in [0, 0.05) is 12.5 Å². The molecule has 2 fully saturated rings. The Labute approximate surface area is 145 Å². The highest BCUT2D eigenvalue weighted by atomic mass is 16.3. The smallest absolute Gasteiger partial charge is 0.223 e. The Hall–Kier alpha value is -1.55. The molecule has 1 aromatic rings. The highest BCUT2D eigenvalue weighted by molar-refractivity contribution is 5.82. The lowest BCUT2D eigenvalue weighted by molar-refractivity contribution is -0.122. The molecule has 0 radical (unpaired) electrons. The second-order valence-corrected chi connectivity index (χ2v) is 7.57. The van der Waals surface area contributed by atoms with Crippen molar-refractivity contribution in [1.29, 1.82) is 0 Å². The van der Waals surface area contributed by atoms with Crippen molar-refractivity contribution in [3.8, 4) is 5.75 Å². The first-order valence-electron chi connectivity index (χ1n) is 9.42. The fraction of sp³-hybridized carbons (Fsp3) is 0.650. The van der Waals surface area contributed by atoms with Gasteiger partial charge in [0.2, 0.25) is 5.91 Å². The fourth-order valence-electron chi connectivity index (χ4n) is 3.70. The highest BCUT2D eigenvalue weighted by Crippen LogP contribution is 2.48. The maximum atomic E-state index is 12.2. The van der Waals surface area contributed by atoms with E-state index in [9.17, 15) is 9.90 Å². The van der Waals surface area contributed by atoms with Gasteiger partial charge in [-0.15, -0.1) is 0 Å². The van der Waals surface area contributed by atoms with Crippen LogP contribution < -0.4 is 5.32 Å². The highest BCUT2D eigenvalue weighted by Gasteiger charge is 2.43. The van der Waals surface area contributed by atoms with Crippen LogP contribution >= 0.6 is 0 Å². The number of rotatable bonds is 7. The standard InChI is InChI=1S/C20H30N2O2/c1-15-7-11-22(12-8-15)10-3-2-9-21-20(24)19-14-18(19)16-5-4-6-17(23)13-16/h4-6,13,15,18-19,23H,2-3,7-12,14H2,1H3,(H,21,24)/t18-,19+/m1/s1. The number of amides is 1. The van der Waals surface area contributed by atoms with Gasteiger partial charge in [-0.1, -0.05) is 19.1 Å². The molecule has 0 unspecified atom stereocenters. The molecule has 2 atom stereocenters. The number of nitrogens with one attached hydrogen (secondary N) is 1. The average Bonchev–Trinajstić information content (AvgIpc) is 3.37. The van der Waals surface area contributed by atoms with Crippen molar-refractivity contribution in [3.05, 3.63) is 29.8 Å². The van der Waals surface area contributed by atoms with Gasteiger partial charge >= 0.3 is 0 Å². The number of carbonyl (C=O) groups is 1. The van der Waals surface area contributed by atoms with Crippen molar-refractivity contribution >= 4 is 5.91 Å². The molecule has 1 aliphatic heterocycles. The van der Waals surface area contributed by atoms with Crippen LogP contribution in [0.1, 0.15) is 50.5 Å². The zero-order chi connectivity index (χ0) is 16.9. The monoisotopic (exact) mass is 330 g/mol. The van der Waals surface area contributed by atoms with Gasteiger partial charge in [0.05, 0.1) is 0 Å². The summed E-state index contributed by atoms with van der Waals surface area (Å²) < 4.78 is 0. The van der Waals surface area contributed by atoms with E-state index in [4.69, 9.17) is 0 Å². The summed E-state index contributed by atoms with van der Waals surface area (Å²) in [5.41, 5.74) is 1.08. The SMILES string of the molecule is CC1CCN(CCCCNC(=O)[C@H]2C[C@@H]2c2cccc(O)c2)CC1. The van der Waals surface area contributed by atoms with Crippen LogP contribution in [0.3, 0.4) is 0 Å². The summed E-state index contributed by atoms with van der Waals surface area (Å²) in [6.07, 6.45) is 5.78.